The van der Waals surface area contributed by atoms with E-state index >= 15 is 0 Å². The molecule has 0 heterocycles. The second-order valence-electron chi connectivity index (χ2n) is 6.55. The monoisotopic (exact) mass is 428 g/mol. The van der Waals surface area contributed by atoms with E-state index in [4.69, 9.17) is 20.9 Å². The molecule has 0 amide bonds. The van der Waals surface area contributed by atoms with Crippen molar-refractivity contribution < 1.29 is 18.8 Å². The molecule has 29 heavy (non-hydrogen) atoms. The van der Waals surface area contributed by atoms with Gasteiger partial charge in [-0.15, -0.1) is 0 Å². The second-order valence-corrected chi connectivity index (χ2v) is 11.3. The molecule has 0 spiro atoms. The Kier molecular flexibility index (Phi) is 6.36. The third-order valence-electron chi connectivity index (χ3n) is 4.98. The summed E-state index contributed by atoms with van der Waals surface area (Å²) in [4.78, 5) is 25.6. The predicted octanol–water partition coefficient (Wildman–Crippen LogP) is 3.39. The third kappa shape index (κ3) is 3.66. The van der Waals surface area contributed by atoms with Crippen LogP contribution in [0.25, 0.3) is 0 Å². The first-order chi connectivity index (χ1) is 14.1. The predicted molar refractivity (Wildman–Crippen MR) is 119 cm³/mol. The normalized spacial score (nSPS) is 12.4. The Balaban J connectivity index is 2.53. The van der Waals surface area contributed by atoms with E-state index < -0.39 is 18.8 Å². The summed E-state index contributed by atoms with van der Waals surface area (Å²) in [7, 11) is 1.33. The number of ether oxygens (including phenoxy) is 1. The Labute approximate surface area is 175 Å². The summed E-state index contributed by atoms with van der Waals surface area (Å²) in [5.41, 5.74) is 0. The van der Waals surface area contributed by atoms with Crippen molar-refractivity contribution in [2.45, 2.75) is 0 Å². The number of methoxy groups -OCH3 is 1. The zero-order valence-electron chi connectivity index (χ0n) is 16.0. The van der Waals surface area contributed by atoms with Crippen molar-refractivity contribution in [3.8, 4) is 0 Å². The van der Waals surface area contributed by atoms with Crippen molar-refractivity contribution in [2.24, 2.45) is 0 Å². The average Bonchev–Trinajstić information content (AvgIpc) is 2.80. The Hall–Kier alpha value is -2.68. The van der Waals surface area contributed by atoms with E-state index in [1.165, 1.54) is 7.11 Å². The van der Waals surface area contributed by atoms with Crippen LogP contribution < -0.4 is 15.9 Å². The number of carbonyl (C=O) groups excluding carboxylic acids is 2. The van der Waals surface area contributed by atoms with E-state index in [1.807, 2.05) is 91.0 Å². The van der Waals surface area contributed by atoms with E-state index in [9.17, 15) is 9.59 Å². The summed E-state index contributed by atoms with van der Waals surface area (Å²) >= 11 is 5.88. The van der Waals surface area contributed by atoms with Crippen LogP contribution in [0.3, 0.4) is 0 Å². The van der Waals surface area contributed by atoms with Gasteiger partial charge < -0.3 is 0 Å². The van der Waals surface area contributed by atoms with Crippen LogP contribution in [0.4, 0.5) is 0 Å². The van der Waals surface area contributed by atoms with Crippen LogP contribution in [0, 0.1) is 0 Å². The van der Waals surface area contributed by atoms with Crippen LogP contribution in [0.5, 0.6) is 0 Å². The summed E-state index contributed by atoms with van der Waals surface area (Å²) in [6.45, 7) is -4.07. The number of alkyl halides is 1. The molecule has 0 fully saturated rings. The number of carbonyl (C=O) groups is 2. The molecule has 0 radical (unpaired) electrons. The molecular weight excluding hydrogens is 407 g/mol. The van der Waals surface area contributed by atoms with Crippen LogP contribution in [0.2, 0.25) is 0 Å². The van der Waals surface area contributed by atoms with Gasteiger partial charge in [-0.3, -0.25) is 0 Å². The van der Waals surface area contributed by atoms with Crippen molar-refractivity contribution in [3.05, 3.63) is 91.0 Å². The fourth-order valence-electron chi connectivity index (χ4n) is 3.70. The molecule has 0 aromatic heterocycles. The zero-order valence-corrected chi connectivity index (χ0v) is 17.7. The van der Waals surface area contributed by atoms with Gasteiger partial charge in [-0.25, -0.2) is 0 Å². The molecule has 0 aliphatic carbocycles. The van der Waals surface area contributed by atoms with Gasteiger partial charge in [-0.2, -0.15) is 0 Å². The number of esters is 1. The van der Waals surface area contributed by atoms with Crippen molar-refractivity contribution in [3.63, 3.8) is 0 Å². The van der Waals surface area contributed by atoms with Crippen LogP contribution in [-0.2, 0) is 18.8 Å². The molecule has 3 aromatic carbocycles. The molecule has 0 atom stereocenters. The van der Waals surface area contributed by atoms with E-state index in [2.05, 4.69) is 0 Å². The average molecular weight is 429 g/mol. The molecule has 0 aliphatic rings. The first-order valence-electron chi connectivity index (χ1n) is 9.10. The van der Waals surface area contributed by atoms with E-state index in [0.29, 0.717) is 0 Å². The van der Waals surface area contributed by atoms with Gasteiger partial charge in [-0.1, -0.05) is 0 Å². The molecule has 0 bridgehead atoms. The van der Waals surface area contributed by atoms with Gasteiger partial charge in [0, 0.05) is 0 Å². The first-order valence-corrected chi connectivity index (χ1v) is 12.0. The molecule has 4 nitrogen and oxygen atoms in total. The van der Waals surface area contributed by atoms with Crippen LogP contribution >= 0.6 is 18.4 Å². The Morgan fingerprint density at radius 1 is 0.724 bits per heavy atom. The van der Waals surface area contributed by atoms with Gasteiger partial charge in [-0.05, 0) is 0 Å². The van der Waals surface area contributed by atoms with Gasteiger partial charge >= 0.3 is 175 Å². The first kappa shape index (κ1) is 21.0. The van der Waals surface area contributed by atoms with Crippen LogP contribution in [0.1, 0.15) is 0 Å². The number of halogens is 1. The quantitative estimate of drug-likeness (QED) is 0.329. The number of benzene rings is 3. The molecule has 6 heteroatoms. The SMILES string of the molecule is COC(=O)CP(OC(=O)CCl)(c1ccccc1)(c1ccccc1)c1ccccc1. The molecule has 150 valence electrons. The van der Waals surface area contributed by atoms with E-state index in [1.54, 1.807) is 0 Å². The number of rotatable bonds is 7. The summed E-state index contributed by atoms with van der Waals surface area (Å²) in [6, 6.07) is 28.2. The minimum atomic E-state index is -4.07. The molecule has 0 aliphatic heterocycles. The Morgan fingerprint density at radius 2 is 1.10 bits per heavy atom. The fraction of sp³-hybridized carbons (Fsp3) is 0.130. The van der Waals surface area contributed by atoms with Gasteiger partial charge in [0.1, 0.15) is 0 Å². The Morgan fingerprint density at radius 3 is 1.41 bits per heavy atom. The van der Waals surface area contributed by atoms with Crippen molar-refractivity contribution in [2.75, 3.05) is 19.2 Å². The van der Waals surface area contributed by atoms with Gasteiger partial charge in [0.25, 0.3) is 0 Å². The van der Waals surface area contributed by atoms with E-state index in [-0.39, 0.29) is 12.0 Å². The van der Waals surface area contributed by atoms with Gasteiger partial charge in [0.15, 0.2) is 0 Å². The summed E-state index contributed by atoms with van der Waals surface area (Å²) in [5.74, 6) is -1.39. The topological polar surface area (TPSA) is 52.6 Å². The summed E-state index contributed by atoms with van der Waals surface area (Å²) in [5, 5.41) is 2.25. The molecule has 0 unspecified atom stereocenters. The van der Waals surface area contributed by atoms with Crippen LogP contribution in [-0.4, -0.2) is 31.1 Å². The van der Waals surface area contributed by atoms with Crippen molar-refractivity contribution in [1.29, 1.82) is 0 Å². The van der Waals surface area contributed by atoms with Crippen molar-refractivity contribution in [1.82, 2.24) is 0 Å². The molecule has 3 aromatic rings. The summed E-state index contributed by atoms with van der Waals surface area (Å²) in [6.07, 6.45) is -0.122. The van der Waals surface area contributed by atoms with E-state index in [0.717, 1.165) is 15.9 Å². The fourth-order valence-corrected chi connectivity index (χ4v) is 9.20. The molecule has 0 N–H and O–H groups in total. The second kappa shape index (κ2) is 8.77. The molecule has 0 saturated carbocycles. The van der Waals surface area contributed by atoms with Gasteiger partial charge in [0.05, 0.1) is 0 Å². The standard InChI is InChI=1S/C23H22ClO4P/c1-27-23(26)18-29(28-22(25)17-24,19-11-5-2-6-12-19,20-13-7-3-8-14-20)21-15-9-4-10-16-21/h2-16H,17-18H2,1H3. The molecule has 0 saturated heterocycles. The number of hydrogen-bond acceptors (Lipinski definition) is 4. The van der Waals surface area contributed by atoms with Crippen molar-refractivity contribution >= 4 is 46.3 Å². The maximum absolute atomic E-state index is 12.8. The maximum atomic E-state index is 12.8. The zero-order chi connectivity index (χ0) is 20.8. The molecular formula is C23H22ClO4P. The van der Waals surface area contributed by atoms with Gasteiger partial charge in [0.2, 0.25) is 0 Å². The molecule has 3 rings (SSSR count). The third-order valence-corrected chi connectivity index (χ3v) is 10.8. The summed E-state index contributed by atoms with van der Waals surface area (Å²) < 4.78 is 11.4. The Bertz CT molecular complexity index is 856. The number of hydrogen-bond donors (Lipinski definition) is 0. The minimum absolute atomic E-state index is 0.122. The van der Waals surface area contributed by atoms with Crippen LogP contribution in [0.15, 0.2) is 91.0 Å².